The summed E-state index contributed by atoms with van der Waals surface area (Å²) < 4.78 is 0. The highest BCUT2D eigenvalue weighted by Crippen LogP contribution is 2.21. The first-order chi connectivity index (χ1) is 7.39. The van der Waals surface area contributed by atoms with Gasteiger partial charge in [-0.2, -0.15) is 5.26 Å². The molecule has 0 aliphatic rings. The molecular weight excluding hydrogens is 196 g/mol. The van der Waals surface area contributed by atoms with Crippen molar-refractivity contribution < 1.29 is 0 Å². The van der Waals surface area contributed by atoms with Crippen LogP contribution in [0.2, 0.25) is 0 Å². The molecule has 0 heterocycles. The van der Waals surface area contributed by atoms with Gasteiger partial charge in [0.25, 0.3) is 0 Å². The van der Waals surface area contributed by atoms with E-state index in [1.54, 1.807) is 0 Å². The standard InChI is InChI=1S/C14H28N2/c1-6-14(5,7-2)16-11-9-8-10-13(3,4)12-15/h16H,6-11H2,1-5H3. The second kappa shape index (κ2) is 6.91. The molecule has 0 aliphatic carbocycles. The minimum absolute atomic E-state index is 0.154. The number of hydrogen-bond donors (Lipinski definition) is 1. The molecule has 0 radical (unpaired) electrons. The van der Waals surface area contributed by atoms with Crippen molar-refractivity contribution in [3.8, 4) is 6.07 Å². The Bertz CT molecular complexity index is 221. The zero-order valence-corrected chi connectivity index (χ0v) is 11.7. The van der Waals surface area contributed by atoms with Crippen LogP contribution < -0.4 is 5.32 Å². The second-order valence-corrected chi connectivity index (χ2v) is 5.65. The van der Waals surface area contributed by atoms with Crippen molar-refractivity contribution in [3.63, 3.8) is 0 Å². The van der Waals surface area contributed by atoms with Gasteiger partial charge in [-0.3, -0.25) is 0 Å². The van der Waals surface area contributed by atoms with Crippen LogP contribution >= 0.6 is 0 Å². The zero-order chi connectivity index (χ0) is 12.7. The summed E-state index contributed by atoms with van der Waals surface area (Å²) in [6, 6.07) is 2.35. The highest BCUT2D eigenvalue weighted by Gasteiger charge is 2.18. The SMILES string of the molecule is CCC(C)(CC)NCCCCC(C)(C)C#N. The Morgan fingerprint density at radius 3 is 2.06 bits per heavy atom. The minimum atomic E-state index is -0.154. The average molecular weight is 224 g/mol. The van der Waals surface area contributed by atoms with E-state index in [0.29, 0.717) is 5.54 Å². The van der Waals surface area contributed by atoms with Gasteiger partial charge in [0.2, 0.25) is 0 Å². The summed E-state index contributed by atoms with van der Waals surface area (Å²) in [6.07, 6.45) is 5.65. The summed E-state index contributed by atoms with van der Waals surface area (Å²) in [7, 11) is 0. The number of hydrogen-bond acceptors (Lipinski definition) is 2. The van der Waals surface area contributed by atoms with Crippen LogP contribution in [0, 0.1) is 16.7 Å². The van der Waals surface area contributed by atoms with Crippen LogP contribution in [0.5, 0.6) is 0 Å². The van der Waals surface area contributed by atoms with Crippen LogP contribution in [0.3, 0.4) is 0 Å². The third-order valence-corrected chi connectivity index (χ3v) is 3.64. The summed E-state index contributed by atoms with van der Waals surface area (Å²) in [5.41, 5.74) is 0.142. The number of nitrogens with one attached hydrogen (secondary N) is 1. The third-order valence-electron chi connectivity index (χ3n) is 3.64. The van der Waals surface area contributed by atoms with Gasteiger partial charge in [-0.25, -0.2) is 0 Å². The first kappa shape index (κ1) is 15.4. The van der Waals surface area contributed by atoms with E-state index >= 15 is 0 Å². The molecule has 0 rings (SSSR count). The quantitative estimate of drug-likeness (QED) is 0.635. The maximum atomic E-state index is 8.89. The largest absolute Gasteiger partial charge is 0.312 e. The number of nitriles is 1. The third kappa shape index (κ3) is 6.12. The smallest absolute Gasteiger partial charge is 0.0683 e. The lowest BCUT2D eigenvalue weighted by Gasteiger charge is -2.28. The van der Waals surface area contributed by atoms with Crippen LogP contribution in [-0.2, 0) is 0 Å². The monoisotopic (exact) mass is 224 g/mol. The van der Waals surface area contributed by atoms with Crippen molar-refractivity contribution in [2.75, 3.05) is 6.54 Å². The van der Waals surface area contributed by atoms with Gasteiger partial charge in [-0.1, -0.05) is 20.3 Å². The van der Waals surface area contributed by atoms with Crippen molar-refractivity contribution in [1.82, 2.24) is 5.32 Å². The van der Waals surface area contributed by atoms with E-state index in [9.17, 15) is 0 Å². The van der Waals surface area contributed by atoms with Gasteiger partial charge in [0, 0.05) is 5.54 Å². The molecule has 0 amide bonds. The van der Waals surface area contributed by atoms with Crippen LogP contribution in [0.4, 0.5) is 0 Å². The molecule has 2 heteroatoms. The maximum absolute atomic E-state index is 8.89. The van der Waals surface area contributed by atoms with Gasteiger partial charge in [-0.05, 0) is 53.0 Å². The summed E-state index contributed by atoms with van der Waals surface area (Å²) >= 11 is 0. The van der Waals surface area contributed by atoms with E-state index < -0.39 is 0 Å². The molecule has 0 bridgehead atoms. The van der Waals surface area contributed by atoms with E-state index in [4.69, 9.17) is 5.26 Å². The van der Waals surface area contributed by atoms with E-state index in [0.717, 1.165) is 19.4 Å². The molecule has 0 aromatic rings. The second-order valence-electron chi connectivity index (χ2n) is 5.65. The van der Waals surface area contributed by atoms with Crippen molar-refractivity contribution in [3.05, 3.63) is 0 Å². The molecule has 0 saturated heterocycles. The van der Waals surface area contributed by atoms with E-state index in [-0.39, 0.29) is 5.41 Å². The van der Waals surface area contributed by atoms with Crippen molar-refractivity contribution in [2.45, 2.75) is 72.3 Å². The first-order valence-corrected chi connectivity index (χ1v) is 6.55. The highest BCUT2D eigenvalue weighted by molar-refractivity contribution is 4.91. The lowest BCUT2D eigenvalue weighted by molar-refractivity contribution is 0.323. The van der Waals surface area contributed by atoms with Crippen molar-refractivity contribution in [2.24, 2.45) is 5.41 Å². The van der Waals surface area contributed by atoms with Crippen LogP contribution in [0.15, 0.2) is 0 Å². The molecule has 0 atom stereocenters. The molecule has 0 unspecified atom stereocenters. The van der Waals surface area contributed by atoms with Gasteiger partial charge >= 0.3 is 0 Å². The first-order valence-electron chi connectivity index (χ1n) is 6.55. The normalized spacial score (nSPS) is 12.5. The Balaban J connectivity index is 3.66. The number of nitrogens with zero attached hydrogens (tertiary/aromatic N) is 1. The molecule has 0 aromatic carbocycles. The van der Waals surface area contributed by atoms with Crippen LogP contribution in [0.1, 0.15) is 66.7 Å². The molecule has 16 heavy (non-hydrogen) atoms. The number of rotatable bonds is 8. The fourth-order valence-corrected chi connectivity index (χ4v) is 1.64. The minimum Gasteiger partial charge on any atom is -0.312 e. The van der Waals surface area contributed by atoms with Gasteiger partial charge in [0.15, 0.2) is 0 Å². The molecule has 94 valence electrons. The van der Waals surface area contributed by atoms with E-state index in [2.05, 4.69) is 32.2 Å². The molecule has 1 N–H and O–H groups in total. The summed E-state index contributed by atoms with van der Waals surface area (Å²) in [5.74, 6) is 0. The average Bonchev–Trinajstić information content (AvgIpc) is 2.28. The predicted molar refractivity (Wildman–Crippen MR) is 70.2 cm³/mol. The lowest BCUT2D eigenvalue weighted by Crippen LogP contribution is -2.41. The van der Waals surface area contributed by atoms with E-state index in [1.807, 2.05) is 13.8 Å². The Morgan fingerprint density at radius 2 is 1.62 bits per heavy atom. The van der Waals surface area contributed by atoms with Crippen LogP contribution in [-0.4, -0.2) is 12.1 Å². The fraction of sp³-hybridized carbons (Fsp3) is 0.929. The highest BCUT2D eigenvalue weighted by atomic mass is 15.0. The van der Waals surface area contributed by atoms with Gasteiger partial charge in [0.1, 0.15) is 0 Å². The Morgan fingerprint density at radius 1 is 1.06 bits per heavy atom. The molecule has 0 saturated carbocycles. The topological polar surface area (TPSA) is 35.8 Å². The molecule has 0 spiro atoms. The molecule has 2 nitrogen and oxygen atoms in total. The Hall–Kier alpha value is -0.550. The summed E-state index contributed by atoms with van der Waals surface area (Å²) in [6.45, 7) is 11.8. The Kier molecular flexibility index (Phi) is 6.67. The fourth-order valence-electron chi connectivity index (χ4n) is 1.64. The molecular formula is C14H28N2. The number of unbranched alkanes of at least 4 members (excludes halogenated alkanes) is 1. The summed E-state index contributed by atoms with van der Waals surface area (Å²) in [4.78, 5) is 0. The van der Waals surface area contributed by atoms with Crippen molar-refractivity contribution in [1.29, 1.82) is 5.26 Å². The van der Waals surface area contributed by atoms with Gasteiger partial charge < -0.3 is 5.32 Å². The van der Waals surface area contributed by atoms with Gasteiger partial charge in [0.05, 0.1) is 11.5 Å². The summed E-state index contributed by atoms with van der Waals surface area (Å²) in [5, 5.41) is 12.5. The zero-order valence-electron chi connectivity index (χ0n) is 11.7. The molecule has 0 fully saturated rings. The molecule has 0 aromatic heterocycles. The predicted octanol–water partition coefficient (Wildman–Crippen LogP) is 3.87. The van der Waals surface area contributed by atoms with Gasteiger partial charge in [-0.15, -0.1) is 0 Å². The van der Waals surface area contributed by atoms with Crippen LogP contribution in [0.25, 0.3) is 0 Å². The lowest BCUT2D eigenvalue weighted by atomic mass is 9.89. The Labute approximate surface area is 101 Å². The van der Waals surface area contributed by atoms with E-state index in [1.165, 1.54) is 19.3 Å². The van der Waals surface area contributed by atoms with Crippen molar-refractivity contribution >= 4 is 0 Å². The maximum Gasteiger partial charge on any atom is 0.0683 e. The molecule has 0 aliphatic heterocycles.